The van der Waals surface area contributed by atoms with Gasteiger partial charge in [-0.3, -0.25) is 14.6 Å². The maximum Gasteiger partial charge on any atom is 0.291 e. The van der Waals surface area contributed by atoms with Crippen LogP contribution < -0.4 is 5.32 Å². The highest BCUT2D eigenvalue weighted by Gasteiger charge is 2.19. The molecule has 5 rings (SSSR count). The molecule has 8 nitrogen and oxygen atoms in total. The molecule has 1 fully saturated rings. The second kappa shape index (κ2) is 14.7. The lowest BCUT2D eigenvalue weighted by Crippen LogP contribution is -2.37. The van der Waals surface area contributed by atoms with Crippen LogP contribution in [0.25, 0.3) is 0 Å². The number of rotatable bonds is 8. The van der Waals surface area contributed by atoms with Gasteiger partial charge in [0.1, 0.15) is 11.9 Å². The van der Waals surface area contributed by atoms with Gasteiger partial charge in [-0.15, -0.1) is 0 Å². The number of halogens is 1. The van der Waals surface area contributed by atoms with Gasteiger partial charge >= 0.3 is 0 Å². The lowest BCUT2D eigenvalue weighted by molar-refractivity contribution is 0.0991. The SMILES string of the molecule is Cc1ccoc1C(=O)Nc1cccc(C#Cc2cncc(C(=O)N=S(CCCN3CCCC(F)C3)c3ccccc3O)c2)c1. The van der Waals surface area contributed by atoms with Gasteiger partial charge in [0.05, 0.1) is 16.7 Å². The molecule has 2 unspecified atom stereocenters. The molecule has 2 amide bonds. The number of hydrogen-bond acceptors (Lipinski definition) is 6. The van der Waals surface area contributed by atoms with Crippen molar-refractivity contribution < 1.29 is 23.5 Å². The highest BCUT2D eigenvalue weighted by atomic mass is 32.2. The number of carbonyl (C=O) groups excluding carboxylic acids is 2. The van der Waals surface area contributed by atoms with Crippen molar-refractivity contribution in [1.29, 1.82) is 0 Å². The van der Waals surface area contributed by atoms with E-state index in [9.17, 15) is 19.1 Å². The summed E-state index contributed by atoms with van der Waals surface area (Å²) in [6, 6.07) is 17.4. The molecule has 1 aliphatic heterocycles. The molecule has 226 valence electrons. The normalized spacial score (nSPS) is 15.7. The number of likely N-dealkylation sites (tertiary alicyclic amines) is 1. The van der Waals surface area contributed by atoms with Crippen molar-refractivity contribution in [3.8, 4) is 17.6 Å². The quantitative estimate of drug-likeness (QED) is 0.231. The number of alkyl halides is 1. The maximum absolute atomic E-state index is 13.8. The second-order valence-electron chi connectivity index (χ2n) is 10.5. The standard InChI is InChI=1S/C34H33FN4O4S/c1-24-14-17-43-32(24)34(42)37-29-9-4-7-25(20-29)12-13-26-19-27(22-36-21-26)33(41)38-44(31-11-3-2-10-30(31)40)18-6-16-39-15-5-8-28(35)23-39/h2-4,7,9-11,14,17,19-22,28,40H,5-6,8,15-16,18,23H2,1H3,(H,37,42). The van der Waals surface area contributed by atoms with E-state index in [4.69, 9.17) is 4.42 Å². The number of nitrogens with zero attached hydrogens (tertiary/aromatic N) is 3. The Morgan fingerprint density at radius 2 is 1.98 bits per heavy atom. The minimum absolute atomic E-state index is 0.0876. The Kier molecular flexibility index (Phi) is 10.3. The van der Waals surface area contributed by atoms with Crippen LogP contribution in [-0.4, -0.2) is 58.4 Å². The van der Waals surface area contributed by atoms with Gasteiger partial charge in [-0.2, -0.15) is 4.36 Å². The van der Waals surface area contributed by atoms with Gasteiger partial charge < -0.3 is 19.7 Å². The van der Waals surface area contributed by atoms with Crippen LogP contribution in [0.4, 0.5) is 10.1 Å². The van der Waals surface area contributed by atoms with Crippen molar-refractivity contribution in [3.05, 3.63) is 107 Å². The second-order valence-corrected chi connectivity index (χ2v) is 12.3. The van der Waals surface area contributed by atoms with E-state index in [0.717, 1.165) is 18.5 Å². The number of nitrogens with one attached hydrogen (secondary N) is 1. The molecule has 0 saturated carbocycles. The number of carbonyl (C=O) groups is 2. The van der Waals surface area contributed by atoms with Crippen LogP contribution in [0.2, 0.25) is 0 Å². The van der Waals surface area contributed by atoms with E-state index in [2.05, 4.69) is 31.4 Å². The highest BCUT2D eigenvalue weighted by molar-refractivity contribution is 7.87. The molecule has 44 heavy (non-hydrogen) atoms. The van der Waals surface area contributed by atoms with Gasteiger partial charge in [-0.25, -0.2) is 4.39 Å². The zero-order valence-electron chi connectivity index (χ0n) is 24.3. The van der Waals surface area contributed by atoms with Crippen LogP contribution in [0.5, 0.6) is 5.75 Å². The summed E-state index contributed by atoms with van der Waals surface area (Å²) < 4.78 is 23.6. The average molecular weight is 613 g/mol. The number of aromatic nitrogens is 1. The number of benzene rings is 2. The minimum atomic E-state index is -0.904. The first-order chi connectivity index (χ1) is 21.4. The number of phenols is 1. The summed E-state index contributed by atoms with van der Waals surface area (Å²) in [6.07, 6.45) is 5.85. The summed E-state index contributed by atoms with van der Waals surface area (Å²) in [5, 5.41) is 13.3. The molecule has 2 aromatic heterocycles. The number of furan rings is 1. The Morgan fingerprint density at radius 3 is 2.77 bits per heavy atom. The van der Waals surface area contributed by atoms with Crippen molar-refractivity contribution >= 4 is 28.2 Å². The Hall–Kier alpha value is -4.59. The first-order valence-electron chi connectivity index (χ1n) is 14.4. The molecule has 0 radical (unpaired) electrons. The number of aromatic hydroxyl groups is 1. The van der Waals surface area contributed by atoms with Gasteiger partial charge in [0, 0.05) is 47.1 Å². The largest absolute Gasteiger partial charge is 0.507 e. The number of aryl methyl sites for hydroxylation is 1. The molecule has 2 atom stereocenters. The van der Waals surface area contributed by atoms with Crippen LogP contribution in [-0.2, 0) is 10.7 Å². The number of amides is 2. The smallest absolute Gasteiger partial charge is 0.291 e. The molecular weight excluding hydrogens is 579 g/mol. The summed E-state index contributed by atoms with van der Waals surface area (Å²) in [5.41, 5.74) is 2.79. The van der Waals surface area contributed by atoms with E-state index < -0.39 is 22.8 Å². The van der Waals surface area contributed by atoms with E-state index in [1.807, 2.05) is 12.1 Å². The Balaban J connectivity index is 1.30. The van der Waals surface area contributed by atoms with E-state index >= 15 is 0 Å². The summed E-state index contributed by atoms with van der Waals surface area (Å²) >= 11 is 0. The molecule has 0 spiro atoms. The summed E-state index contributed by atoms with van der Waals surface area (Å²) in [6.45, 7) is 3.81. The molecular formula is C34H33FN4O4S. The first kappa shape index (κ1) is 30.9. The van der Waals surface area contributed by atoms with Gasteiger partial charge in [0.2, 0.25) is 0 Å². The van der Waals surface area contributed by atoms with E-state index in [1.165, 1.54) is 12.5 Å². The van der Waals surface area contributed by atoms with Crippen LogP contribution in [0.15, 0.2) is 93.0 Å². The van der Waals surface area contributed by atoms with Gasteiger partial charge in [-0.05, 0) is 81.7 Å². The molecule has 10 heteroatoms. The Morgan fingerprint density at radius 1 is 1.14 bits per heavy atom. The van der Waals surface area contributed by atoms with Crippen LogP contribution in [0.1, 0.15) is 56.9 Å². The summed E-state index contributed by atoms with van der Waals surface area (Å²) in [4.78, 5) is 32.7. The van der Waals surface area contributed by atoms with Gasteiger partial charge in [0.15, 0.2) is 5.76 Å². The topological polar surface area (TPSA) is 108 Å². The van der Waals surface area contributed by atoms with E-state index in [-0.39, 0.29) is 23.0 Å². The van der Waals surface area contributed by atoms with E-state index in [1.54, 1.807) is 61.7 Å². The van der Waals surface area contributed by atoms with Crippen molar-refractivity contribution in [2.75, 3.05) is 30.7 Å². The lowest BCUT2D eigenvalue weighted by Gasteiger charge is -2.28. The predicted molar refractivity (Wildman–Crippen MR) is 169 cm³/mol. The minimum Gasteiger partial charge on any atom is -0.507 e. The van der Waals surface area contributed by atoms with Crippen molar-refractivity contribution in [2.24, 2.45) is 4.36 Å². The maximum atomic E-state index is 13.8. The zero-order valence-corrected chi connectivity index (χ0v) is 25.1. The highest BCUT2D eigenvalue weighted by Crippen LogP contribution is 2.23. The summed E-state index contributed by atoms with van der Waals surface area (Å²) in [7, 11) is -0.904. The Bertz CT molecular complexity index is 1740. The predicted octanol–water partition coefficient (Wildman–Crippen LogP) is 6.17. The Labute approximate surface area is 258 Å². The molecule has 4 aromatic rings. The third-order valence-electron chi connectivity index (χ3n) is 7.10. The van der Waals surface area contributed by atoms with Crippen molar-refractivity contribution in [3.63, 3.8) is 0 Å². The van der Waals surface area contributed by atoms with Crippen molar-refractivity contribution in [2.45, 2.75) is 37.3 Å². The van der Waals surface area contributed by atoms with Gasteiger partial charge in [0.25, 0.3) is 11.8 Å². The number of anilines is 1. The van der Waals surface area contributed by atoms with Crippen LogP contribution >= 0.6 is 0 Å². The monoisotopic (exact) mass is 612 g/mol. The lowest BCUT2D eigenvalue weighted by atomic mass is 10.1. The molecule has 0 bridgehead atoms. The third-order valence-corrected chi connectivity index (χ3v) is 9.01. The van der Waals surface area contributed by atoms with E-state index in [0.29, 0.717) is 53.4 Å². The fourth-order valence-corrected chi connectivity index (χ4v) is 6.54. The third kappa shape index (κ3) is 8.28. The van der Waals surface area contributed by atoms with Crippen LogP contribution in [0.3, 0.4) is 0 Å². The number of pyridine rings is 1. The molecule has 0 aliphatic carbocycles. The zero-order chi connectivity index (χ0) is 30.9. The number of para-hydroxylation sites is 1. The van der Waals surface area contributed by atoms with Crippen molar-refractivity contribution in [1.82, 2.24) is 9.88 Å². The fourth-order valence-electron chi connectivity index (χ4n) is 4.88. The average Bonchev–Trinajstić information content (AvgIpc) is 3.46. The van der Waals surface area contributed by atoms with Gasteiger partial charge in [-0.1, -0.05) is 40.7 Å². The van der Waals surface area contributed by atoms with Crippen LogP contribution in [0, 0.1) is 18.8 Å². The molecule has 2 N–H and O–H groups in total. The first-order valence-corrected chi connectivity index (χ1v) is 15.7. The fraction of sp³-hybridized carbons (Fsp3) is 0.265. The molecule has 1 aliphatic rings. The number of phenolic OH excluding ortho intramolecular Hbond substituents is 1. The molecule has 3 heterocycles. The number of piperidine rings is 1. The molecule has 2 aromatic carbocycles. The number of hydrogen-bond donors (Lipinski definition) is 2. The summed E-state index contributed by atoms with van der Waals surface area (Å²) in [5.74, 6) is 6.18. The molecule has 1 saturated heterocycles.